The first kappa shape index (κ1) is 20.1. The predicted molar refractivity (Wildman–Crippen MR) is 107 cm³/mol. The lowest BCUT2D eigenvalue weighted by Crippen LogP contribution is -3.12. The third-order valence-electron chi connectivity index (χ3n) is 5.95. The molecule has 1 aliphatic carbocycles. The Hall–Kier alpha value is -1.65. The molecule has 4 heteroatoms. The van der Waals surface area contributed by atoms with Gasteiger partial charge in [0, 0.05) is 17.7 Å². The van der Waals surface area contributed by atoms with Crippen molar-refractivity contribution < 1.29 is 14.4 Å². The minimum atomic E-state index is -0.251. The Balaban J connectivity index is 1.69. The van der Waals surface area contributed by atoms with Crippen LogP contribution in [0.3, 0.4) is 0 Å². The van der Waals surface area contributed by atoms with Crippen LogP contribution in [0.1, 0.15) is 56.7 Å². The van der Waals surface area contributed by atoms with Crippen LogP contribution in [-0.4, -0.2) is 28.9 Å². The fourth-order valence-electron chi connectivity index (χ4n) is 4.34. The fraction of sp³-hybridized carbons (Fsp3) is 0.565. The van der Waals surface area contributed by atoms with E-state index >= 15 is 0 Å². The Bertz CT molecular complexity index is 693. The van der Waals surface area contributed by atoms with Gasteiger partial charge < -0.3 is 14.6 Å². The minimum Gasteiger partial charge on any atom is -0.387 e. The van der Waals surface area contributed by atoms with E-state index in [1.165, 1.54) is 48.8 Å². The molecule has 0 aliphatic heterocycles. The van der Waals surface area contributed by atoms with Gasteiger partial charge >= 0.3 is 0 Å². The molecule has 1 fully saturated rings. The van der Waals surface area contributed by atoms with Gasteiger partial charge in [-0.25, -0.2) is 4.39 Å². The first-order valence-electron chi connectivity index (χ1n) is 10.5. The molecule has 3 rings (SSSR count). The highest BCUT2D eigenvalue weighted by Gasteiger charge is 2.23. The monoisotopic (exact) mass is 373 g/mol. The van der Waals surface area contributed by atoms with Crippen LogP contribution in [0.15, 0.2) is 42.6 Å². The number of rotatable bonds is 9. The van der Waals surface area contributed by atoms with Crippen molar-refractivity contribution in [3.63, 3.8) is 0 Å². The molecular weight excluding hydrogens is 339 g/mol. The molecule has 1 aromatic carbocycles. The number of halogens is 1. The van der Waals surface area contributed by atoms with Gasteiger partial charge in [-0.05, 0) is 37.5 Å². The zero-order valence-corrected chi connectivity index (χ0v) is 16.5. The Morgan fingerprint density at radius 2 is 1.93 bits per heavy atom. The van der Waals surface area contributed by atoms with Crippen LogP contribution < -0.4 is 4.90 Å². The van der Waals surface area contributed by atoms with E-state index in [0.717, 1.165) is 37.5 Å². The molecule has 2 atom stereocenters. The van der Waals surface area contributed by atoms with Gasteiger partial charge in [-0.3, -0.25) is 0 Å². The van der Waals surface area contributed by atoms with Crippen molar-refractivity contribution in [2.75, 3.05) is 13.1 Å². The lowest BCUT2D eigenvalue weighted by atomic mass is 9.89. The van der Waals surface area contributed by atoms with E-state index in [4.69, 9.17) is 0 Å². The molecule has 1 unspecified atom stereocenters. The first-order valence-corrected chi connectivity index (χ1v) is 10.5. The first-order chi connectivity index (χ1) is 13.2. The van der Waals surface area contributed by atoms with Gasteiger partial charge in [0.2, 0.25) is 0 Å². The van der Waals surface area contributed by atoms with Gasteiger partial charge in [-0.15, -0.1) is 0 Å². The molecule has 3 nitrogen and oxygen atoms in total. The Morgan fingerprint density at radius 3 is 2.67 bits per heavy atom. The molecule has 0 bridgehead atoms. The zero-order valence-electron chi connectivity index (χ0n) is 16.5. The van der Waals surface area contributed by atoms with E-state index in [2.05, 4.69) is 10.6 Å². The molecule has 148 valence electrons. The summed E-state index contributed by atoms with van der Waals surface area (Å²) >= 11 is 0. The molecule has 1 heterocycles. The zero-order chi connectivity index (χ0) is 19.1. The standard InChI is InChI=1S/C23H33FN2O/c1-2-22(27)18-25(15-19-9-4-3-5-10-19)17-21-12-8-14-26(21)16-20-11-6-7-13-23(20)24/h6-8,11-14,19,22,27H,2-5,9-10,15-18H2,1H3/p+1/t22-/m0/s1. The molecule has 0 spiro atoms. The largest absolute Gasteiger partial charge is 0.387 e. The number of hydrogen-bond acceptors (Lipinski definition) is 1. The van der Waals surface area contributed by atoms with E-state index in [1.54, 1.807) is 6.07 Å². The Morgan fingerprint density at radius 1 is 1.15 bits per heavy atom. The van der Waals surface area contributed by atoms with Crippen LogP contribution in [0.4, 0.5) is 4.39 Å². The van der Waals surface area contributed by atoms with Crippen molar-refractivity contribution in [3.8, 4) is 0 Å². The molecule has 1 aromatic heterocycles. The topological polar surface area (TPSA) is 29.6 Å². The second-order valence-corrected chi connectivity index (χ2v) is 8.12. The highest BCUT2D eigenvalue weighted by Crippen LogP contribution is 2.22. The molecule has 27 heavy (non-hydrogen) atoms. The maximum atomic E-state index is 14.1. The number of aliphatic hydroxyl groups excluding tert-OH is 1. The molecule has 1 saturated carbocycles. The summed E-state index contributed by atoms with van der Waals surface area (Å²) in [6.07, 6.45) is 9.29. The van der Waals surface area contributed by atoms with Gasteiger partial charge in [-0.2, -0.15) is 0 Å². The minimum absolute atomic E-state index is 0.148. The van der Waals surface area contributed by atoms with Crippen LogP contribution in [0.25, 0.3) is 0 Å². The molecule has 0 saturated heterocycles. The van der Waals surface area contributed by atoms with E-state index in [9.17, 15) is 9.50 Å². The highest BCUT2D eigenvalue weighted by molar-refractivity contribution is 5.19. The number of nitrogens with one attached hydrogen (secondary N) is 1. The summed E-state index contributed by atoms with van der Waals surface area (Å²) in [4.78, 5) is 1.45. The summed E-state index contributed by atoms with van der Waals surface area (Å²) in [7, 11) is 0. The van der Waals surface area contributed by atoms with Crippen molar-refractivity contribution in [1.82, 2.24) is 4.57 Å². The molecule has 0 amide bonds. The van der Waals surface area contributed by atoms with Crippen molar-refractivity contribution in [2.24, 2.45) is 5.92 Å². The Kier molecular flexibility index (Phi) is 7.48. The summed E-state index contributed by atoms with van der Waals surface area (Å²) in [6.45, 7) is 5.40. The van der Waals surface area contributed by atoms with Gasteiger partial charge in [0.05, 0.1) is 18.8 Å². The van der Waals surface area contributed by atoms with Crippen molar-refractivity contribution >= 4 is 0 Å². The fourth-order valence-corrected chi connectivity index (χ4v) is 4.34. The van der Waals surface area contributed by atoms with Gasteiger partial charge in [0.25, 0.3) is 0 Å². The molecule has 1 aliphatic rings. The average molecular weight is 374 g/mol. The molecule has 0 radical (unpaired) electrons. The van der Waals surface area contributed by atoms with E-state index < -0.39 is 0 Å². The summed E-state index contributed by atoms with van der Waals surface area (Å²) in [5.41, 5.74) is 1.93. The number of hydrogen-bond donors (Lipinski definition) is 2. The summed E-state index contributed by atoms with van der Waals surface area (Å²) in [6, 6.07) is 11.2. The smallest absolute Gasteiger partial charge is 0.128 e. The van der Waals surface area contributed by atoms with Crippen molar-refractivity contribution in [3.05, 3.63) is 59.7 Å². The van der Waals surface area contributed by atoms with Crippen LogP contribution >= 0.6 is 0 Å². The number of aromatic nitrogens is 1. The maximum Gasteiger partial charge on any atom is 0.128 e. The normalized spacial score (nSPS) is 17.7. The van der Waals surface area contributed by atoms with Crippen LogP contribution in [0.2, 0.25) is 0 Å². The van der Waals surface area contributed by atoms with Gasteiger partial charge in [-0.1, -0.05) is 44.4 Å². The molecule has 2 N–H and O–H groups in total. The lowest BCUT2D eigenvalue weighted by molar-refractivity contribution is -0.920. The third-order valence-corrected chi connectivity index (χ3v) is 5.95. The SMILES string of the molecule is CC[C@H](O)C[NH+](Cc1cccn1Cc1ccccc1F)CC1CCCCC1. The predicted octanol–water partition coefficient (Wildman–Crippen LogP) is 3.41. The average Bonchev–Trinajstić information content (AvgIpc) is 3.11. The van der Waals surface area contributed by atoms with E-state index in [-0.39, 0.29) is 11.9 Å². The summed E-state index contributed by atoms with van der Waals surface area (Å²) in [5, 5.41) is 10.3. The van der Waals surface area contributed by atoms with Gasteiger partial charge in [0.1, 0.15) is 25.0 Å². The lowest BCUT2D eigenvalue weighted by Gasteiger charge is -2.29. The second-order valence-electron chi connectivity index (χ2n) is 8.12. The quantitative estimate of drug-likeness (QED) is 0.693. The second kappa shape index (κ2) is 10.0. The molecule has 2 aromatic rings. The maximum absolute atomic E-state index is 14.1. The van der Waals surface area contributed by atoms with Crippen LogP contribution in [0.5, 0.6) is 0 Å². The third kappa shape index (κ3) is 5.91. The number of nitrogens with zero attached hydrogens (tertiary/aromatic N) is 1. The number of aliphatic hydroxyl groups is 1. The van der Waals surface area contributed by atoms with Gasteiger partial charge in [0.15, 0.2) is 0 Å². The Labute approximate surface area is 162 Å². The van der Waals surface area contributed by atoms with E-state index in [1.807, 2.05) is 31.3 Å². The van der Waals surface area contributed by atoms with Crippen molar-refractivity contribution in [2.45, 2.75) is 64.6 Å². The highest BCUT2D eigenvalue weighted by atomic mass is 19.1. The molecular formula is C23H34FN2O+. The summed E-state index contributed by atoms with van der Waals surface area (Å²) < 4.78 is 16.2. The number of benzene rings is 1. The van der Waals surface area contributed by atoms with Crippen LogP contribution in [-0.2, 0) is 13.1 Å². The van der Waals surface area contributed by atoms with E-state index in [0.29, 0.717) is 6.54 Å². The number of quaternary nitrogens is 1. The van der Waals surface area contributed by atoms with Crippen LogP contribution in [0, 0.1) is 11.7 Å². The summed E-state index contributed by atoms with van der Waals surface area (Å²) in [5.74, 6) is 0.623. The van der Waals surface area contributed by atoms with Crippen molar-refractivity contribution in [1.29, 1.82) is 0 Å².